The van der Waals surface area contributed by atoms with Crippen LogP contribution in [0.15, 0.2) is 22.7 Å². The number of nitrogens with two attached hydrogens (primary N) is 1. The van der Waals surface area contributed by atoms with E-state index in [0.29, 0.717) is 10.6 Å². The third-order valence-electron chi connectivity index (χ3n) is 2.51. The molecule has 1 heterocycles. The van der Waals surface area contributed by atoms with Gasteiger partial charge in [-0.3, -0.25) is 4.79 Å². The largest absolute Gasteiger partial charge is 0.397 e. The van der Waals surface area contributed by atoms with Crippen molar-refractivity contribution in [2.24, 2.45) is 0 Å². The van der Waals surface area contributed by atoms with E-state index >= 15 is 0 Å². The first-order chi connectivity index (χ1) is 8.54. The molecule has 0 saturated heterocycles. The Labute approximate surface area is 117 Å². The number of thiophene rings is 1. The zero-order valence-corrected chi connectivity index (χ0v) is 12.1. The van der Waals surface area contributed by atoms with Gasteiger partial charge in [0.2, 0.25) is 0 Å². The topological polar surface area (TPSA) is 55.1 Å². The van der Waals surface area contributed by atoms with E-state index in [0.717, 1.165) is 14.6 Å². The fourth-order valence-electron chi connectivity index (χ4n) is 1.60. The Morgan fingerprint density at radius 2 is 2.33 bits per heavy atom. The zero-order valence-electron chi connectivity index (χ0n) is 9.66. The van der Waals surface area contributed by atoms with Crippen LogP contribution in [0.1, 0.15) is 16.6 Å². The molecule has 1 aromatic heterocycles. The van der Waals surface area contributed by atoms with Crippen LogP contribution >= 0.6 is 27.3 Å². The molecule has 0 saturated carbocycles. The summed E-state index contributed by atoms with van der Waals surface area (Å²) >= 11 is 4.80. The van der Waals surface area contributed by atoms with Gasteiger partial charge in [-0.2, -0.15) is 0 Å². The predicted molar refractivity (Wildman–Crippen MR) is 79.7 cm³/mol. The van der Waals surface area contributed by atoms with E-state index in [1.165, 1.54) is 11.3 Å². The van der Waals surface area contributed by atoms with Gasteiger partial charge in [-0.15, -0.1) is 17.8 Å². The summed E-state index contributed by atoms with van der Waals surface area (Å²) in [5.74, 6) is 2.22. The maximum atomic E-state index is 12.0. The lowest BCUT2D eigenvalue weighted by atomic mass is 10.2. The fraction of sp³-hybridized carbons (Fsp3) is 0.154. The van der Waals surface area contributed by atoms with Gasteiger partial charge in [0.25, 0.3) is 5.91 Å². The SMILES string of the molecule is C#CC(C)NC(=O)c1sc2cccc(Br)c2c1N. The molecule has 0 radical (unpaired) electrons. The first kappa shape index (κ1) is 12.9. The van der Waals surface area contributed by atoms with Crippen molar-refractivity contribution < 1.29 is 4.79 Å². The number of carbonyl (C=O) groups is 1. The van der Waals surface area contributed by atoms with Gasteiger partial charge in [-0.05, 0) is 19.1 Å². The van der Waals surface area contributed by atoms with E-state index in [2.05, 4.69) is 27.2 Å². The molecule has 0 aliphatic rings. The molecular formula is C13H11BrN2OS. The number of terminal acetylenes is 1. The van der Waals surface area contributed by atoms with Crippen LogP contribution in [-0.4, -0.2) is 11.9 Å². The summed E-state index contributed by atoms with van der Waals surface area (Å²) in [6.07, 6.45) is 5.24. The normalized spacial score (nSPS) is 12.1. The second kappa shape index (κ2) is 5.01. The molecule has 1 aromatic carbocycles. The van der Waals surface area contributed by atoms with E-state index in [1.807, 2.05) is 18.2 Å². The number of fused-ring (bicyclic) bond motifs is 1. The van der Waals surface area contributed by atoms with Crippen molar-refractivity contribution in [2.75, 3.05) is 5.73 Å². The summed E-state index contributed by atoms with van der Waals surface area (Å²) in [5, 5.41) is 3.58. The van der Waals surface area contributed by atoms with Crippen molar-refractivity contribution in [2.45, 2.75) is 13.0 Å². The first-order valence-corrected chi connectivity index (χ1v) is 6.89. The van der Waals surface area contributed by atoms with Crippen LogP contribution in [0.2, 0.25) is 0 Å². The molecule has 2 rings (SSSR count). The monoisotopic (exact) mass is 322 g/mol. The molecule has 0 aliphatic carbocycles. The highest BCUT2D eigenvalue weighted by Gasteiger charge is 2.18. The third-order valence-corrected chi connectivity index (χ3v) is 4.34. The number of amides is 1. The van der Waals surface area contributed by atoms with Crippen molar-refractivity contribution in [1.29, 1.82) is 0 Å². The summed E-state index contributed by atoms with van der Waals surface area (Å²) in [5.41, 5.74) is 6.52. The Kier molecular flexibility index (Phi) is 3.60. The number of nitrogens with one attached hydrogen (secondary N) is 1. The maximum absolute atomic E-state index is 12.0. The third kappa shape index (κ3) is 2.22. The quantitative estimate of drug-likeness (QED) is 0.835. The van der Waals surface area contributed by atoms with Crippen LogP contribution in [0.4, 0.5) is 5.69 Å². The van der Waals surface area contributed by atoms with Gasteiger partial charge in [-0.25, -0.2) is 0 Å². The van der Waals surface area contributed by atoms with Crippen molar-refractivity contribution >= 4 is 48.9 Å². The highest BCUT2D eigenvalue weighted by atomic mass is 79.9. The number of anilines is 1. The lowest BCUT2D eigenvalue weighted by molar-refractivity contribution is 0.0953. The molecule has 1 unspecified atom stereocenters. The van der Waals surface area contributed by atoms with Crippen LogP contribution in [-0.2, 0) is 0 Å². The number of rotatable bonds is 2. The molecule has 3 N–H and O–H groups in total. The van der Waals surface area contributed by atoms with Crippen LogP contribution < -0.4 is 11.1 Å². The highest BCUT2D eigenvalue weighted by Crippen LogP contribution is 2.38. The van der Waals surface area contributed by atoms with Gasteiger partial charge < -0.3 is 11.1 Å². The average Bonchev–Trinajstić information content (AvgIpc) is 2.68. The zero-order chi connectivity index (χ0) is 13.3. The maximum Gasteiger partial charge on any atom is 0.264 e. The Hall–Kier alpha value is -1.51. The van der Waals surface area contributed by atoms with Crippen LogP contribution in [0.25, 0.3) is 10.1 Å². The number of nitrogen functional groups attached to an aromatic ring is 1. The van der Waals surface area contributed by atoms with E-state index in [9.17, 15) is 4.79 Å². The molecule has 92 valence electrons. The molecule has 3 nitrogen and oxygen atoms in total. The van der Waals surface area contributed by atoms with Crippen LogP contribution in [0, 0.1) is 12.3 Å². The van der Waals surface area contributed by atoms with E-state index in [-0.39, 0.29) is 11.9 Å². The van der Waals surface area contributed by atoms with Gasteiger partial charge in [0, 0.05) is 14.6 Å². The molecule has 2 aromatic rings. The van der Waals surface area contributed by atoms with Gasteiger partial charge in [-0.1, -0.05) is 27.9 Å². The second-order valence-electron chi connectivity index (χ2n) is 3.82. The molecular weight excluding hydrogens is 312 g/mol. The van der Waals surface area contributed by atoms with Crippen molar-refractivity contribution in [3.8, 4) is 12.3 Å². The Morgan fingerprint density at radius 3 is 2.94 bits per heavy atom. The predicted octanol–water partition coefficient (Wildman–Crippen LogP) is 3.00. The fourth-order valence-corrected chi connectivity index (χ4v) is 3.36. The van der Waals surface area contributed by atoms with Crippen LogP contribution in [0.5, 0.6) is 0 Å². The van der Waals surface area contributed by atoms with Crippen molar-refractivity contribution in [3.63, 3.8) is 0 Å². The minimum Gasteiger partial charge on any atom is -0.397 e. The van der Waals surface area contributed by atoms with Gasteiger partial charge in [0.1, 0.15) is 4.88 Å². The average molecular weight is 323 g/mol. The lowest BCUT2D eigenvalue weighted by Gasteiger charge is -2.06. The van der Waals surface area contributed by atoms with Gasteiger partial charge in [0.15, 0.2) is 0 Å². The molecule has 5 heteroatoms. The van der Waals surface area contributed by atoms with E-state index < -0.39 is 0 Å². The molecule has 0 spiro atoms. The number of hydrogen-bond acceptors (Lipinski definition) is 3. The minimum absolute atomic E-state index is 0.231. The Bertz CT molecular complexity index is 657. The summed E-state index contributed by atoms with van der Waals surface area (Å²) < 4.78 is 1.86. The number of carbonyl (C=O) groups excluding carboxylic acids is 1. The van der Waals surface area contributed by atoms with Crippen molar-refractivity contribution in [1.82, 2.24) is 5.32 Å². The number of hydrogen-bond donors (Lipinski definition) is 2. The molecule has 0 aliphatic heterocycles. The highest BCUT2D eigenvalue weighted by molar-refractivity contribution is 9.10. The molecule has 18 heavy (non-hydrogen) atoms. The van der Waals surface area contributed by atoms with Crippen molar-refractivity contribution in [3.05, 3.63) is 27.5 Å². The first-order valence-electron chi connectivity index (χ1n) is 5.28. The molecule has 1 amide bonds. The van der Waals surface area contributed by atoms with Crippen LogP contribution in [0.3, 0.4) is 0 Å². The molecule has 1 atom stereocenters. The second-order valence-corrected chi connectivity index (χ2v) is 5.73. The van der Waals surface area contributed by atoms with Gasteiger partial charge in [0.05, 0.1) is 11.7 Å². The number of benzene rings is 1. The van der Waals surface area contributed by atoms with E-state index in [1.54, 1.807) is 6.92 Å². The lowest BCUT2D eigenvalue weighted by Crippen LogP contribution is -2.31. The summed E-state index contributed by atoms with van der Waals surface area (Å²) in [6, 6.07) is 5.43. The molecule has 0 bridgehead atoms. The summed E-state index contributed by atoms with van der Waals surface area (Å²) in [6.45, 7) is 1.75. The minimum atomic E-state index is -0.314. The summed E-state index contributed by atoms with van der Waals surface area (Å²) in [4.78, 5) is 12.5. The van der Waals surface area contributed by atoms with E-state index in [4.69, 9.17) is 12.2 Å². The Balaban J connectivity index is 2.47. The summed E-state index contributed by atoms with van der Waals surface area (Å²) in [7, 11) is 0. The molecule has 0 fully saturated rings. The standard InChI is InChI=1S/C13H11BrN2OS/c1-3-7(2)16-13(17)12-11(15)10-8(14)5-4-6-9(10)18-12/h1,4-7H,15H2,2H3,(H,16,17). The number of halogens is 1. The Morgan fingerprint density at radius 1 is 1.61 bits per heavy atom. The smallest absolute Gasteiger partial charge is 0.264 e. The van der Waals surface area contributed by atoms with Gasteiger partial charge >= 0.3 is 0 Å².